The van der Waals surface area contributed by atoms with E-state index in [2.05, 4.69) is 0 Å². The molecule has 22 heavy (non-hydrogen) atoms. The fourth-order valence-corrected chi connectivity index (χ4v) is 3.74. The Morgan fingerprint density at radius 1 is 1.36 bits per heavy atom. The highest BCUT2D eigenvalue weighted by Crippen LogP contribution is 2.50. The molecule has 6 heteroatoms. The van der Waals surface area contributed by atoms with Crippen LogP contribution in [0.1, 0.15) is 29.6 Å². The Hall–Kier alpha value is -1.66. The summed E-state index contributed by atoms with van der Waals surface area (Å²) in [6.45, 7) is 1.22. The van der Waals surface area contributed by atoms with E-state index in [4.69, 9.17) is 4.74 Å². The van der Waals surface area contributed by atoms with Crippen molar-refractivity contribution in [1.29, 1.82) is 0 Å². The largest absolute Gasteiger partial charge is 0.392 e. The summed E-state index contributed by atoms with van der Waals surface area (Å²) in [5.74, 6) is -0.0618. The first kappa shape index (κ1) is 15.2. The summed E-state index contributed by atoms with van der Waals surface area (Å²) in [6, 6.07) is 2.99. The van der Waals surface area contributed by atoms with Gasteiger partial charge in [-0.15, -0.1) is 0 Å². The first-order valence-electron chi connectivity index (χ1n) is 7.65. The van der Waals surface area contributed by atoms with Crippen molar-refractivity contribution in [3.63, 3.8) is 0 Å². The van der Waals surface area contributed by atoms with Gasteiger partial charge < -0.3 is 19.3 Å². The van der Waals surface area contributed by atoms with Gasteiger partial charge in [-0.2, -0.15) is 0 Å². The Kier molecular flexibility index (Phi) is 3.82. The molecule has 1 aliphatic carbocycles. The fourth-order valence-electron chi connectivity index (χ4n) is 3.74. The predicted octanol–water partition coefficient (Wildman–Crippen LogP) is 0.387. The van der Waals surface area contributed by atoms with Crippen molar-refractivity contribution in [2.24, 2.45) is 12.5 Å². The van der Waals surface area contributed by atoms with Gasteiger partial charge in [-0.1, -0.05) is 0 Å². The molecule has 120 valence electrons. The number of amides is 1. The molecule has 1 amide bonds. The van der Waals surface area contributed by atoms with Crippen molar-refractivity contribution in [2.45, 2.75) is 31.5 Å². The first-order valence-corrected chi connectivity index (χ1v) is 7.65. The van der Waals surface area contributed by atoms with Crippen molar-refractivity contribution in [3.8, 4) is 0 Å². The Morgan fingerprint density at radius 3 is 2.59 bits per heavy atom. The van der Waals surface area contributed by atoms with Gasteiger partial charge in [0.05, 0.1) is 17.8 Å². The van der Waals surface area contributed by atoms with Gasteiger partial charge in [0, 0.05) is 51.3 Å². The number of likely N-dealkylation sites (tertiary alicyclic amines) is 1. The van der Waals surface area contributed by atoms with Gasteiger partial charge in [-0.3, -0.25) is 9.59 Å². The second kappa shape index (κ2) is 5.52. The minimum atomic E-state index is -0.327. The van der Waals surface area contributed by atoms with Crippen LogP contribution in [0, 0.1) is 5.41 Å². The molecular weight excluding hydrogens is 284 g/mol. The second-order valence-electron chi connectivity index (χ2n) is 6.37. The number of aromatic nitrogens is 1. The van der Waals surface area contributed by atoms with Crippen LogP contribution in [0.5, 0.6) is 0 Å². The first-order chi connectivity index (χ1) is 10.5. The molecule has 2 fully saturated rings. The standard InChI is InChI=1S/C16H22N2O4/c1-17-10-11(3-4-14(17)20)15(21)18-7-5-16(6-8-18)12(19)9-13(16)22-2/h3-4,10,12-13,19H,5-9H2,1-2H3. The van der Waals surface area contributed by atoms with Crippen LogP contribution in [0.25, 0.3) is 0 Å². The Labute approximate surface area is 129 Å². The lowest BCUT2D eigenvalue weighted by atomic mass is 9.58. The molecule has 2 atom stereocenters. The van der Waals surface area contributed by atoms with Crippen LogP contribution in [-0.4, -0.2) is 52.9 Å². The van der Waals surface area contributed by atoms with Crippen LogP contribution in [0.2, 0.25) is 0 Å². The number of ether oxygens (including phenoxy) is 1. The normalized spacial score (nSPS) is 26.8. The number of carbonyl (C=O) groups excluding carboxylic acids is 1. The summed E-state index contributed by atoms with van der Waals surface area (Å²) in [5, 5.41) is 10.1. The van der Waals surface area contributed by atoms with Gasteiger partial charge in [0.1, 0.15) is 0 Å². The molecule has 1 aromatic rings. The van der Waals surface area contributed by atoms with E-state index in [1.807, 2.05) is 0 Å². The lowest BCUT2D eigenvalue weighted by Crippen LogP contribution is -2.62. The third-order valence-electron chi connectivity index (χ3n) is 5.34. The number of hydrogen-bond donors (Lipinski definition) is 1. The molecule has 0 bridgehead atoms. The number of aliphatic hydroxyl groups is 1. The van der Waals surface area contributed by atoms with Crippen molar-refractivity contribution >= 4 is 5.91 Å². The summed E-state index contributed by atoms with van der Waals surface area (Å²) in [5.41, 5.74) is 0.208. The number of piperidine rings is 1. The maximum atomic E-state index is 12.5. The molecule has 2 aliphatic rings. The van der Waals surface area contributed by atoms with E-state index in [1.54, 1.807) is 31.3 Å². The third kappa shape index (κ3) is 2.27. The predicted molar refractivity (Wildman–Crippen MR) is 80.7 cm³/mol. The van der Waals surface area contributed by atoms with E-state index in [0.29, 0.717) is 25.1 Å². The molecule has 1 N–H and O–H groups in total. The third-order valence-corrected chi connectivity index (χ3v) is 5.34. The molecule has 0 aromatic carbocycles. The summed E-state index contributed by atoms with van der Waals surface area (Å²) in [7, 11) is 3.32. The van der Waals surface area contributed by atoms with Gasteiger partial charge in [0.25, 0.3) is 5.91 Å². The molecule has 1 saturated carbocycles. The smallest absolute Gasteiger partial charge is 0.255 e. The number of pyridine rings is 1. The zero-order valence-corrected chi connectivity index (χ0v) is 13.0. The molecule has 1 spiro atoms. The highest BCUT2D eigenvalue weighted by atomic mass is 16.5. The monoisotopic (exact) mass is 306 g/mol. The minimum absolute atomic E-state index is 0.0618. The second-order valence-corrected chi connectivity index (χ2v) is 6.37. The van der Waals surface area contributed by atoms with E-state index in [1.165, 1.54) is 10.6 Å². The minimum Gasteiger partial charge on any atom is -0.392 e. The van der Waals surface area contributed by atoms with Gasteiger partial charge in [-0.05, 0) is 18.9 Å². The van der Waals surface area contributed by atoms with Crippen LogP contribution in [0.4, 0.5) is 0 Å². The fraction of sp³-hybridized carbons (Fsp3) is 0.625. The van der Waals surface area contributed by atoms with E-state index in [0.717, 1.165) is 12.8 Å². The van der Waals surface area contributed by atoms with Crippen LogP contribution in [0.3, 0.4) is 0 Å². The number of nitrogens with zero attached hydrogens (tertiary/aromatic N) is 2. The van der Waals surface area contributed by atoms with Gasteiger partial charge in [-0.25, -0.2) is 0 Å². The summed E-state index contributed by atoms with van der Waals surface area (Å²) in [4.78, 5) is 25.7. The number of rotatable bonds is 2. The summed E-state index contributed by atoms with van der Waals surface area (Å²) >= 11 is 0. The molecule has 6 nitrogen and oxygen atoms in total. The average Bonchev–Trinajstić information content (AvgIpc) is 2.54. The topological polar surface area (TPSA) is 71.8 Å². The molecular formula is C16H22N2O4. The molecule has 2 heterocycles. The van der Waals surface area contributed by atoms with Crippen LogP contribution in [-0.2, 0) is 11.8 Å². The van der Waals surface area contributed by atoms with E-state index >= 15 is 0 Å². The molecule has 2 unspecified atom stereocenters. The zero-order valence-electron chi connectivity index (χ0n) is 13.0. The number of hydrogen-bond acceptors (Lipinski definition) is 4. The van der Waals surface area contributed by atoms with Crippen molar-refractivity contribution in [3.05, 3.63) is 34.2 Å². The Balaban J connectivity index is 1.69. The van der Waals surface area contributed by atoms with Gasteiger partial charge in [0.2, 0.25) is 5.56 Å². The van der Waals surface area contributed by atoms with Crippen molar-refractivity contribution in [1.82, 2.24) is 9.47 Å². The zero-order chi connectivity index (χ0) is 15.9. The number of carbonyl (C=O) groups is 1. The van der Waals surface area contributed by atoms with Gasteiger partial charge >= 0.3 is 0 Å². The maximum Gasteiger partial charge on any atom is 0.255 e. The molecule has 3 rings (SSSR count). The van der Waals surface area contributed by atoms with Crippen molar-refractivity contribution in [2.75, 3.05) is 20.2 Å². The summed E-state index contributed by atoms with van der Waals surface area (Å²) < 4.78 is 6.87. The quantitative estimate of drug-likeness (QED) is 0.858. The number of methoxy groups -OCH3 is 1. The van der Waals surface area contributed by atoms with Gasteiger partial charge in [0.15, 0.2) is 0 Å². The van der Waals surface area contributed by atoms with E-state index < -0.39 is 0 Å². The van der Waals surface area contributed by atoms with E-state index in [-0.39, 0.29) is 29.1 Å². The summed E-state index contributed by atoms with van der Waals surface area (Å²) in [6.07, 6.45) is 3.54. The Bertz CT molecular complexity index is 631. The SMILES string of the molecule is COC1CC(O)C12CCN(C(=O)c1ccc(=O)n(C)c1)CC2. The number of aryl methyl sites for hydroxylation is 1. The van der Waals surface area contributed by atoms with Crippen LogP contribution < -0.4 is 5.56 Å². The van der Waals surface area contributed by atoms with E-state index in [9.17, 15) is 14.7 Å². The molecule has 1 aliphatic heterocycles. The van der Waals surface area contributed by atoms with Crippen LogP contribution >= 0.6 is 0 Å². The lowest BCUT2D eigenvalue weighted by molar-refractivity contribution is -0.199. The highest BCUT2D eigenvalue weighted by molar-refractivity contribution is 5.94. The average molecular weight is 306 g/mol. The molecule has 1 saturated heterocycles. The molecule has 0 radical (unpaired) electrons. The molecule has 1 aromatic heterocycles. The number of aliphatic hydroxyl groups excluding tert-OH is 1. The Morgan fingerprint density at radius 2 is 2.05 bits per heavy atom. The maximum absolute atomic E-state index is 12.5. The van der Waals surface area contributed by atoms with Crippen molar-refractivity contribution < 1.29 is 14.6 Å². The highest BCUT2D eigenvalue weighted by Gasteiger charge is 2.56. The van der Waals surface area contributed by atoms with Crippen LogP contribution in [0.15, 0.2) is 23.1 Å². The lowest BCUT2D eigenvalue weighted by Gasteiger charge is -2.56.